The average molecular weight is 308 g/mol. The van der Waals surface area contributed by atoms with Crippen LogP contribution in [-0.2, 0) is 17.8 Å². The van der Waals surface area contributed by atoms with E-state index in [-0.39, 0.29) is 13.0 Å². The highest BCUT2D eigenvalue weighted by Crippen LogP contribution is 2.17. The number of hydrogen-bond acceptors (Lipinski definition) is 4. The van der Waals surface area contributed by atoms with Gasteiger partial charge in [-0.25, -0.2) is 4.79 Å². The van der Waals surface area contributed by atoms with Gasteiger partial charge in [0.2, 0.25) is 0 Å². The lowest BCUT2D eigenvalue weighted by Crippen LogP contribution is -2.15. The summed E-state index contributed by atoms with van der Waals surface area (Å²) in [5.41, 5.74) is 2.95. The van der Waals surface area contributed by atoms with Crippen molar-refractivity contribution < 1.29 is 14.3 Å². The summed E-state index contributed by atoms with van der Waals surface area (Å²) < 4.78 is 6.63. The highest BCUT2D eigenvalue weighted by molar-refractivity contribution is 5.77. The van der Waals surface area contributed by atoms with Crippen molar-refractivity contribution in [3.05, 3.63) is 69.7 Å². The van der Waals surface area contributed by atoms with Crippen LogP contribution in [0.25, 0.3) is 11.1 Å². The number of carboxylic acid groups (broad SMARTS) is 1. The molecule has 0 aliphatic carbocycles. The van der Waals surface area contributed by atoms with Gasteiger partial charge in [-0.15, -0.1) is 0 Å². The summed E-state index contributed by atoms with van der Waals surface area (Å²) >= 11 is 0. The van der Waals surface area contributed by atoms with Gasteiger partial charge in [-0.05, 0) is 35.4 Å². The molecule has 0 amide bonds. The summed E-state index contributed by atoms with van der Waals surface area (Å²) in [4.78, 5) is 22.9. The molecule has 0 fully saturated rings. The lowest BCUT2D eigenvalue weighted by molar-refractivity contribution is -0.136. The molecule has 0 bridgehead atoms. The van der Waals surface area contributed by atoms with Crippen molar-refractivity contribution in [3.8, 4) is 6.07 Å². The molecular weight excluding hydrogens is 296 g/mol. The molecule has 114 valence electrons. The standard InChI is InChI=1S/C17H12N2O4/c18-9-11-1-3-12(4-2-11)10-19-14-7-13(8-16(20)21)5-6-15(14)23-17(19)22/h1-7H,8,10H2,(H,20,21). The predicted octanol–water partition coefficient (Wildman–Crippen LogP) is 2.14. The fourth-order valence-electron chi connectivity index (χ4n) is 2.41. The zero-order valence-electron chi connectivity index (χ0n) is 12.0. The van der Waals surface area contributed by atoms with Gasteiger partial charge in [0.25, 0.3) is 0 Å². The molecular formula is C17H12N2O4. The minimum absolute atomic E-state index is 0.119. The number of benzene rings is 2. The number of hydrogen-bond donors (Lipinski definition) is 1. The van der Waals surface area contributed by atoms with Crippen LogP contribution in [0.1, 0.15) is 16.7 Å². The Hall–Kier alpha value is -3.33. The molecule has 0 saturated carbocycles. The van der Waals surface area contributed by atoms with Crippen molar-refractivity contribution in [1.29, 1.82) is 5.26 Å². The molecule has 23 heavy (non-hydrogen) atoms. The number of carboxylic acids is 1. The number of aliphatic carboxylic acids is 1. The van der Waals surface area contributed by atoms with Crippen LogP contribution in [0.5, 0.6) is 0 Å². The Morgan fingerprint density at radius 3 is 2.52 bits per heavy atom. The molecule has 1 heterocycles. The minimum Gasteiger partial charge on any atom is -0.481 e. The lowest BCUT2D eigenvalue weighted by Gasteiger charge is -2.04. The van der Waals surface area contributed by atoms with Gasteiger partial charge in [0.1, 0.15) is 0 Å². The third kappa shape index (κ3) is 2.99. The molecule has 0 radical (unpaired) electrons. The predicted molar refractivity (Wildman–Crippen MR) is 82.1 cm³/mol. The molecule has 3 rings (SSSR count). The zero-order valence-corrected chi connectivity index (χ0v) is 12.0. The quantitative estimate of drug-likeness (QED) is 0.796. The van der Waals surface area contributed by atoms with Gasteiger partial charge in [-0.3, -0.25) is 9.36 Å². The van der Waals surface area contributed by atoms with Crippen molar-refractivity contribution in [1.82, 2.24) is 4.57 Å². The summed E-state index contributed by atoms with van der Waals surface area (Å²) in [5, 5.41) is 17.7. The molecule has 1 aromatic heterocycles. The van der Waals surface area contributed by atoms with E-state index < -0.39 is 11.7 Å². The zero-order chi connectivity index (χ0) is 16.4. The Bertz CT molecular complexity index is 974. The van der Waals surface area contributed by atoms with Gasteiger partial charge >= 0.3 is 11.7 Å². The first kappa shape index (κ1) is 14.6. The Kier molecular flexibility index (Phi) is 3.69. The number of nitriles is 1. The van der Waals surface area contributed by atoms with E-state index in [1.807, 2.05) is 6.07 Å². The topological polar surface area (TPSA) is 96.2 Å². The third-order valence-electron chi connectivity index (χ3n) is 3.51. The van der Waals surface area contributed by atoms with Crippen LogP contribution in [0.4, 0.5) is 0 Å². The number of nitrogens with zero attached hydrogens (tertiary/aromatic N) is 2. The molecule has 2 aromatic carbocycles. The van der Waals surface area contributed by atoms with Crippen LogP contribution in [0.15, 0.2) is 51.7 Å². The van der Waals surface area contributed by atoms with E-state index >= 15 is 0 Å². The van der Waals surface area contributed by atoms with E-state index in [9.17, 15) is 9.59 Å². The van der Waals surface area contributed by atoms with E-state index in [1.54, 1.807) is 42.5 Å². The Labute approximate surface area is 130 Å². The van der Waals surface area contributed by atoms with Gasteiger partial charge in [-0.2, -0.15) is 5.26 Å². The Balaban J connectivity index is 2.01. The highest BCUT2D eigenvalue weighted by atomic mass is 16.4. The molecule has 0 spiro atoms. The molecule has 6 heteroatoms. The van der Waals surface area contributed by atoms with Gasteiger partial charge in [-0.1, -0.05) is 18.2 Å². The first-order valence-electron chi connectivity index (χ1n) is 6.90. The Morgan fingerprint density at radius 2 is 1.87 bits per heavy atom. The van der Waals surface area contributed by atoms with Gasteiger partial charge in [0.05, 0.1) is 30.1 Å². The van der Waals surface area contributed by atoms with E-state index in [0.29, 0.717) is 22.2 Å². The molecule has 0 aliphatic heterocycles. The second kappa shape index (κ2) is 5.81. The monoisotopic (exact) mass is 308 g/mol. The largest absolute Gasteiger partial charge is 0.481 e. The summed E-state index contributed by atoms with van der Waals surface area (Å²) in [6.07, 6.45) is -0.119. The van der Waals surface area contributed by atoms with E-state index in [2.05, 4.69) is 0 Å². The molecule has 3 aromatic rings. The molecule has 0 aliphatic rings. The summed E-state index contributed by atoms with van der Waals surface area (Å²) in [7, 11) is 0. The van der Waals surface area contributed by atoms with Gasteiger partial charge in [0, 0.05) is 0 Å². The maximum absolute atomic E-state index is 12.0. The van der Waals surface area contributed by atoms with E-state index in [4.69, 9.17) is 14.8 Å². The van der Waals surface area contributed by atoms with Gasteiger partial charge < -0.3 is 9.52 Å². The van der Waals surface area contributed by atoms with Crippen LogP contribution < -0.4 is 5.76 Å². The number of rotatable bonds is 4. The maximum Gasteiger partial charge on any atom is 0.420 e. The SMILES string of the molecule is N#Cc1ccc(Cn2c(=O)oc3ccc(CC(=O)O)cc32)cc1. The summed E-state index contributed by atoms with van der Waals surface area (Å²) in [6.45, 7) is 0.286. The first-order valence-corrected chi connectivity index (χ1v) is 6.90. The van der Waals surface area contributed by atoms with E-state index in [0.717, 1.165) is 5.56 Å². The molecule has 1 N–H and O–H groups in total. The molecule has 0 saturated heterocycles. The molecule has 6 nitrogen and oxygen atoms in total. The minimum atomic E-state index is -0.936. The second-order valence-electron chi connectivity index (χ2n) is 5.14. The maximum atomic E-state index is 12.0. The first-order chi connectivity index (χ1) is 11.1. The fourth-order valence-corrected chi connectivity index (χ4v) is 2.41. The van der Waals surface area contributed by atoms with Crippen molar-refractivity contribution in [3.63, 3.8) is 0 Å². The van der Waals surface area contributed by atoms with Crippen LogP contribution in [-0.4, -0.2) is 15.6 Å². The van der Waals surface area contributed by atoms with Crippen LogP contribution in [0.3, 0.4) is 0 Å². The summed E-state index contributed by atoms with van der Waals surface area (Å²) in [6, 6.07) is 13.8. The van der Waals surface area contributed by atoms with E-state index in [1.165, 1.54) is 4.57 Å². The number of aromatic nitrogens is 1. The number of oxazole rings is 1. The number of carbonyl (C=O) groups is 1. The van der Waals surface area contributed by atoms with Crippen molar-refractivity contribution in [2.45, 2.75) is 13.0 Å². The lowest BCUT2D eigenvalue weighted by atomic mass is 10.1. The van der Waals surface area contributed by atoms with Crippen molar-refractivity contribution >= 4 is 17.1 Å². The fraction of sp³-hybridized carbons (Fsp3) is 0.118. The Morgan fingerprint density at radius 1 is 1.17 bits per heavy atom. The van der Waals surface area contributed by atoms with Crippen LogP contribution in [0, 0.1) is 11.3 Å². The molecule has 0 unspecified atom stereocenters. The van der Waals surface area contributed by atoms with Crippen molar-refractivity contribution in [2.75, 3.05) is 0 Å². The number of fused-ring (bicyclic) bond motifs is 1. The summed E-state index contributed by atoms with van der Waals surface area (Å²) in [5.74, 6) is -1.44. The normalized spacial score (nSPS) is 10.6. The van der Waals surface area contributed by atoms with Crippen molar-refractivity contribution in [2.24, 2.45) is 0 Å². The third-order valence-corrected chi connectivity index (χ3v) is 3.51. The smallest absolute Gasteiger partial charge is 0.420 e. The average Bonchev–Trinajstić information content (AvgIpc) is 2.83. The second-order valence-corrected chi connectivity index (χ2v) is 5.14. The molecule has 0 atom stereocenters. The highest BCUT2D eigenvalue weighted by Gasteiger charge is 2.11. The van der Waals surface area contributed by atoms with Crippen LogP contribution in [0.2, 0.25) is 0 Å². The van der Waals surface area contributed by atoms with Gasteiger partial charge in [0.15, 0.2) is 5.58 Å². The van der Waals surface area contributed by atoms with Crippen LogP contribution >= 0.6 is 0 Å².